The lowest BCUT2D eigenvalue weighted by atomic mass is 10.0. The number of alkyl halides is 1. The Labute approximate surface area is 255 Å². The van der Waals surface area contributed by atoms with Crippen LogP contribution in [0.5, 0.6) is 11.5 Å². The Bertz CT molecular complexity index is 1920. The van der Waals surface area contributed by atoms with Crippen molar-refractivity contribution in [2.45, 2.75) is 25.6 Å². The molecule has 3 aromatic heterocycles. The number of aromatic nitrogens is 4. The zero-order chi connectivity index (χ0) is 31.5. The van der Waals surface area contributed by atoms with E-state index in [1.165, 1.54) is 61.1 Å². The summed E-state index contributed by atoms with van der Waals surface area (Å²) in [6.07, 6.45) is 3.93. The summed E-state index contributed by atoms with van der Waals surface area (Å²) in [6.45, 7) is 3.98. The predicted octanol–water partition coefficient (Wildman–Crippen LogP) is 5.34. The minimum absolute atomic E-state index is 0.0855. The summed E-state index contributed by atoms with van der Waals surface area (Å²) in [7, 11) is 0. The number of halogens is 3. The molecule has 4 heterocycles. The fourth-order valence-corrected chi connectivity index (χ4v) is 5.12. The number of carbonyl (C=O) groups is 1. The highest BCUT2D eigenvalue weighted by molar-refractivity contribution is 6.04. The fourth-order valence-electron chi connectivity index (χ4n) is 5.12. The maximum Gasteiger partial charge on any atom is 0.284 e. The topological polar surface area (TPSA) is 114 Å². The molecule has 6 rings (SSSR count). The van der Waals surface area contributed by atoms with Crippen molar-refractivity contribution >= 4 is 28.3 Å². The van der Waals surface area contributed by atoms with E-state index in [0.717, 1.165) is 23.8 Å². The molecule has 0 bridgehead atoms. The summed E-state index contributed by atoms with van der Waals surface area (Å²) in [5.41, 5.74) is -0.0873. The van der Waals surface area contributed by atoms with Crippen molar-refractivity contribution in [1.82, 2.24) is 24.6 Å². The maximum atomic E-state index is 15.1. The van der Waals surface area contributed by atoms with Crippen molar-refractivity contribution in [3.8, 4) is 17.2 Å². The summed E-state index contributed by atoms with van der Waals surface area (Å²) in [6, 6.07) is 13.0. The summed E-state index contributed by atoms with van der Waals surface area (Å²) >= 11 is 0. The Morgan fingerprint density at radius 3 is 2.60 bits per heavy atom. The third kappa shape index (κ3) is 6.48. The van der Waals surface area contributed by atoms with Gasteiger partial charge in [-0.15, -0.1) is 0 Å². The minimum atomic E-state index is -1.03. The molecule has 0 radical (unpaired) electrons. The zero-order valence-corrected chi connectivity index (χ0v) is 24.1. The van der Waals surface area contributed by atoms with Gasteiger partial charge in [-0.2, -0.15) is 9.78 Å². The van der Waals surface area contributed by atoms with Crippen LogP contribution in [0.15, 0.2) is 84.0 Å². The first-order valence-electron chi connectivity index (χ1n) is 14.3. The van der Waals surface area contributed by atoms with Crippen LogP contribution in [-0.2, 0) is 0 Å². The second-order valence-corrected chi connectivity index (χ2v) is 10.5. The first-order valence-corrected chi connectivity index (χ1v) is 14.3. The van der Waals surface area contributed by atoms with Crippen LogP contribution in [0.1, 0.15) is 23.7 Å². The molecule has 1 aliphatic heterocycles. The lowest BCUT2D eigenvalue weighted by molar-refractivity contribution is 0.102. The monoisotopic (exact) mass is 615 g/mol. The molecule has 13 heteroatoms. The molecule has 2 N–H and O–H groups in total. The van der Waals surface area contributed by atoms with Crippen LogP contribution in [0.3, 0.4) is 0 Å². The number of rotatable bonds is 8. The van der Waals surface area contributed by atoms with Crippen molar-refractivity contribution in [3.05, 3.63) is 107 Å². The van der Waals surface area contributed by atoms with Crippen LogP contribution >= 0.6 is 0 Å². The number of nitrogens with one attached hydrogen (secondary N) is 2. The van der Waals surface area contributed by atoms with Gasteiger partial charge in [0, 0.05) is 49.5 Å². The summed E-state index contributed by atoms with van der Waals surface area (Å²) in [4.78, 5) is 36.6. The highest BCUT2D eigenvalue weighted by Crippen LogP contribution is 2.32. The lowest BCUT2D eigenvalue weighted by Gasteiger charge is -2.34. The van der Waals surface area contributed by atoms with Crippen molar-refractivity contribution in [1.29, 1.82) is 0 Å². The Kier molecular flexibility index (Phi) is 8.43. The number of piperidine rings is 1. The Hall–Kier alpha value is -5.30. The third-order valence-corrected chi connectivity index (χ3v) is 7.56. The summed E-state index contributed by atoms with van der Waals surface area (Å²) in [5.74, 6) is -1.37. The molecular weight excluding hydrogens is 587 g/mol. The number of carbonyl (C=O) groups excluding carboxylic acids is 1. The van der Waals surface area contributed by atoms with Gasteiger partial charge in [0.05, 0.1) is 22.6 Å². The van der Waals surface area contributed by atoms with Gasteiger partial charge >= 0.3 is 0 Å². The second kappa shape index (κ2) is 12.7. The van der Waals surface area contributed by atoms with Crippen LogP contribution < -0.4 is 20.9 Å². The zero-order valence-electron chi connectivity index (χ0n) is 24.1. The molecular formula is C32H28F3N7O3. The van der Waals surface area contributed by atoms with Gasteiger partial charge in [0.1, 0.15) is 29.1 Å². The van der Waals surface area contributed by atoms with Gasteiger partial charge in [0.2, 0.25) is 0 Å². The van der Waals surface area contributed by atoms with Crippen molar-refractivity contribution in [3.63, 3.8) is 0 Å². The van der Waals surface area contributed by atoms with Crippen LogP contribution in [0.25, 0.3) is 16.6 Å². The molecule has 0 unspecified atom stereocenters. The van der Waals surface area contributed by atoms with Crippen LogP contribution in [0.2, 0.25) is 0 Å². The van der Waals surface area contributed by atoms with E-state index in [1.54, 1.807) is 12.1 Å². The Morgan fingerprint density at radius 1 is 1.02 bits per heavy atom. The molecule has 230 valence electrons. The third-order valence-electron chi connectivity index (χ3n) is 7.56. The van der Waals surface area contributed by atoms with Crippen molar-refractivity contribution < 1.29 is 22.7 Å². The number of nitrogens with zero attached hydrogens (tertiary/aromatic N) is 5. The highest BCUT2D eigenvalue weighted by atomic mass is 19.1. The highest BCUT2D eigenvalue weighted by Gasteiger charge is 2.28. The van der Waals surface area contributed by atoms with Gasteiger partial charge < -0.3 is 20.3 Å². The molecule has 1 fully saturated rings. The van der Waals surface area contributed by atoms with E-state index in [1.807, 2.05) is 6.92 Å². The molecule has 0 aliphatic carbocycles. The number of pyridine rings is 2. The number of likely N-dealkylation sites (tertiary alicyclic amines) is 1. The molecule has 2 aromatic carbocycles. The van der Waals surface area contributed by atoms with Crippen LogP contribution in [0, 0.1) is 11.6 Å². The van der Waals surface area contributed by atoms with Gasteiger partial charge in [-0.3, -0.25) is 14.6 Å². The van der Waals surface area contributed by atoms with E-state index in [0.29, 0.717) is 35.4 Å². The van der Waals surface area contributed by atoms with E-state index in [-0.39, 0.29) is 28.7 Å². The van der Waals surface area contributed by atoms with Crippen molar-refractivity contribution in [2.75, 3.05) is 30.3 Å². The SMILES string of the molecule is CCN1CC[C@H](Nc2cc3nccc(Oc4ccc(NC(=O)c5ccnn(-c6ccc(F)cc6)c5=O)cc4F)c3cn2)[C@@H](F)C1. The first kappa shape index (κ1) is 29.8. The average molecular weight is 616 g/mol. The quantitative estimate of drug-likeness (QED) is 0.241. The number of ether oxygens (including phenoxy) is 1. The molecule has 10 nitrogen and oxygen atoms in total. The van der Waals surface area contributed by atoms with Gasteiger partial charge in [-0.25, -0.2) is 18.2 Å². The number of hydrogen-bond donors (Lipinski definition) is 2. The number of benzene rings is 2. The minimum Gasteiger partial charge on any atom is -0.453 e. The van der Waals surface area contributed by atoms with Gasteiger partial charge in [0.25, 0.3) is 11.5 Å². The largest absolute Gasteiger partial charge is 0.453 e. The lowest BCUT2D eigenvalue weighted by Crippen LogP contribution is -2.47. The molecule has 1 saturated heterocycles. The molecule has 1 amide bonds. The molecule has 45 heavy (non-hydrogen) atoms. The number of hydrogen-bond acceptors (Lipinski definition) is 8. The maximum absolute atomic E-state index is 15.1. The van der Waals surface area contributed by atoms with Gasteiger partial charge in [-0.05, 0) is 61.5 Å². The smallest absolute Gasteiger partial charge is 0.284 e. The Balaban J connectivity index is 1.15. The molecule has 0 spiro atoms. The van der Waals surface area contributed by atoms with E-state index < -0.39 is 29.3 Å². The molecule has 2 atom stereocenters. The molecule has 0 saturated carbocycles. The normalized spacial score (nSPS) is 16.8. The van der Waals surface area contributed by atoms with Crippen molar-refractivity contribution in [2.24, 2.45) is 0 Å². The predicted molar refractivity (Wildman–Crippen MR) is 163 cm³/mol. The van der Waals surface area contributed by atoms with Crippen LogP contribution in [-0.4, -0.2) is 62.4 Å². The number of amides is 1. The second-order valence-electron chi connectivity index (χ2n) is 10.5. The average Bonchev–Trinajstić information content (AvgIpc) is 3.04. The Morgan fingerprint density at radius 2 is 1.84 bits per heavy atom. The molecule has 1 aliphatic rings. The van der Waals surface area contributed by atoms with E-state index in [4.69, 9.17) is 4.74 Å². The van der Waals surface area contributed by atoms with E-state index >= 15 is 4.39 Å². The number of anilines is 2. The standard InChI is InChI=1S/C32H28F3N7O3/c1-2-41-14-11-26(25(35)18-41)40-30-16-27-23(17-37-30)28(10-12-36-27)45-29-8-5-20(15-24(29)34)39-31(43)22-9-13-38-42(32(22)44)21-6-3-19(33)4-7-21/h3-10,12-13,15-17,25-26H,2,11,14,18H2,1H3,(H,37,40)(H,39,43)/t25-,26-/m0/s1. The van der Waals surface area contributed by atoms with E-state index in [9.17, 15) is 18.4 Å². The fraction of sp³-hybridized carbons (Fsp3) is 0.219. The van der Waals surface area contributed by atoms with Gasteiger partial charge in [-0.1, -0.05) is 6.92 Å². The summed E-state index contributed by atoms with van der Waals surface area (Å²) in [5, 5.41) is 10.1. The van der Waals surface area contributed by atoms with Gasteiger partial charge in [0.15, 0.2) is 11.6 Å². The molecule has 5 aromatic rings. The summed E-state index contributed by atoms with van der Waals surface area (Å²) < 4.78 is 49.9. The first-order chi connectivity index (χ1) is 21.8. The number of fused-ring (bicyclic) bond motifs is 1. The van der Waals surface area contributed by atoms with E-state index in [2.05, 4.69) is 30.6 Å². The van der Waals surface area contributed by atoms with Crippen LogP contribution in [0.4, 0.5) is 24.7 Å².